The molecule has 2 fully saturated rings. The molecule has 0 bridgehead atoms. The predicted molar refractivity (Wildman–Crippen MR) is 301 cm³/mol. The van der Waals surface area contributed by atoms with Crippen molar-refractivity contribution in [3.05, 3.63) is 33.1 Å². The molecule has 0 spiro atoms. The first-order valence-corrected chi connectivity index (χ1v) is 28.8. The van der Waals surface area contributed by atoms with Crippen LogP contribution in [0.5, 0.6) is 0 Å². The van der Waals surface area contributed by atoms with Crippen molar-refractivity contribution in [3.8, 4) is 0 Å². The van der Waals surface area contributed by atoms with Gasteiger partial charge in [-0.2, -0.15) is 0 Å². The van der Waals surface area contributed by atoms with Crippen LogP contribution in [0.15, 0.2) is 26.8 Å². The van der Waals surface area contributed by atoms with Crippen LogP contribution in [0.1, 0.15) is 117 Å². The topological polar surface area (TPSA) is 514 Å². The maximum absolute atomic E-state index is 14.6. The van der Waals surface area contributed by atoms with Gasteiger partial charge in [0.15, 0.2) is 18.5 Å². The number of hydrogen-bond acceptors (Lipinski definition) is 23. The van der Waals surface area contributed by atoms with E-state index in [1.165, 1.54) is 7.11 Å². The number of carboxylic acids is 2. The zero-order valence-electron chi connectivity index (χ0n) is 48.8. The molecule has 1 aromatic rings. The lowest BCUT2D eigenvalue weighted by atomic mass is 9.96. The van der Waals surface area contributed by atoms with Gasteiger partial charge in [0.25, 0.3) is 5.56 Å². The molecule has 33 heteroatoms. The molecule has 0 saturated carbocycles. The number of aliphatic hydroxyl groups is 3. The Morgan fingerprint density at radius 2 is 1.47 bits per heavy atom. The third-order valence-corrected chi connectivity index (χ3v) is 14.8. The Morgan fingerprint density at radius 3 is 2.04 bits per heavy atom. The lowest BCUT2D eigenvalue weighted by Crippen LogP contribution is -2.66. The van der Waals surface area contributed by atoms with E-state index >= 15 is 0 Å². The molecular weight excluding hydrogens is 1120 g/mol. The van der Waals surface area contributed by atoms with E-state index in [0.29, 0.717) is 30.9 Å². The van der Waals surface area contributed by atoms with Crippen molar-refractivity contribution in [1.82, 2.24) is 46.5 Å². The second-order valence-corrected chi connectivity index (χ2v) is 21.9. The number of methoxy groups -OCH3 is 1. The minimum atomic E-state index is -1.94. The lowest BCUT2D eigenvalue weighted by Gasteiger charge is -2.34. The van der Waals surface area contributed by atoms with Crippen molar-refractivity contribution in [3.63, 3.8) is 0 Å². The molecule has 2 saturated heterocycles. The summed E-state index contributed by atoms with van der Waals surface area (Å²) in [5.74, 6) is -7.05. The summed E-state index contributed by atoms with van der Waals surface area (Å²) < 4.78 is 30.0. The molecule has 482 valence electrons. The van der Waals surface area contributed by atoms with Gasteiger partial charge in [-0.15, -0.1) is 0 Å². The Kier molecular flexibility index (Phi) is 29.3. The molecule has 4 heterocycles. The molecule has 15 atom stereocenters. The molecule has 3 aliphatic heterocycles. The van der Waals surface area contributed by atoms with E-state index in [4.69, 9.17) is 46.3 Å². The fourth-order valence-corrected chi connectivity index (χ4v) is 10.1. The highest BCUT2D eigenvalue weighted by molar-refractivity contribution is 5.94. The molecule has 0 aliphatic carbocycles. The number of amides is 4. The minimum Gasteiger partial charge on any atom is -0.480 e. The van der Waals surface area contributed by atoms with Crippen molar-refractivity contribution in [2.75, 3.05) is 39.8 Å². The highest BCUT2D eigenvalue weighted by atomic mass is 16.7. The number of nitrogens with two attached hydrogens (primary N) is 3. The smallest absolute Gasteiger partial charge is 0.330 e. The number of guanidine groups is 2. The highest BCUT2D eigenvalue weighted by Gasteiger charge is 2.54. The summed E-state index contributed by atoms with van der Waals surface area (Å²) in [4.78, 5) is 112. The maximum Gasteiger partial charge on any atom is 0.330 e. The largest absolute Gasteiger partial charge is 0.480 e. The molecule has 4 amide bonds. The number of urea groups is 1. The number of nitrogens with one attached hydrogen (secondary N) is 8. The molecule has 0 aromatic carbocycles. The van der Waals surface area contributed by atoms with Crippen LogP contribution in [-0.4, -0.2) is 218 Å². The van der Waals surface area contributed by atoms with Crippen LogP contribution in [0.4, 0.5) is 4.79 Å². The lowest BCUT2D eigenvalue weighted by molar-refractivity contribution is -0.231. The molecule has 85 heavy (non-hydrogen) atoms. The van der Waals surface area contributed by atoms with Crippen molar-refractivity contribution in [1.29, 1.82) is 5.41 Å². The van der Waals surface area contributed by atoms with Crippen molar-refractivity contribution < 1.29 is 83.2 Å². The van der Waals surface area contributed by atoms with E-state index in [1.54, 1.807) is 27.7 Å². The van der Waals surface area contributed by atoms with Crippen molar-refractivity contribution in [2.45, 2.75) is 203 Å². The van der Waals surface area contributed by atoms with Crippen LogP contribution in [0.25, 0.3) is 0 Å². The molecule has 4 rings (SSSR count). The summed E-state index contributed by atoms with van der Waals surface area (Å²) in [5.41, 5.74) is 15.2. The summed E-state index contributed by atoms with van der Waals surface area (Å²) in [5, 5.41) is 87.2. The summed E-state index contributed by atoms with van der Waals surface area (Å²) >= 11 is 0. The second kappa shape index (κ2) is 35.2. The molecule has 3 aliphatic rings. The number of rotatable bonds is 37. The van der Waals surface area contributed by atoms with E-state index in [1.807, 2.05) is 4.98 Å². The van der Waals surface area contributed by atoms with Gasteiger partial charge >= 0.3 is 29.6 Å². The summed E-state index contributed by atoms with van der Waals surface area (Å²) in [6, 6.07) is -7.38. The monoisotopic (exact) mass is 1210 g/mol. The predicted octanol–water partition coefficient (Wildman–Crippen LogP) is -3.47. The number of nitrogens with zero attached hydrogens (tertiary/aromatic N) is 3. The maximum atomic E-state index is 14.6. The highest BCUT2D eigenvalue weighted by Crippen LogP contribution is 2.35. The first-order chi connectivity index (χ1) is 40.3. The minimum absolute atomic E-state index is 0.0221. The van der Waals surface area contributed by atoms with E-state index in [0.717, 1.165) is 61.8 Å². The van der Waals surface area contributed by atoms with Crippen LogP contribution < -0.4 is 60.4 Å². The second-order valence-electron chi connectivity index (χ2n) is 21.9. The van der Waals surface area contributed by atoms with E-state index in [2.05, 4.69) is 36.9 Å². The number of carbonyl (C=O) groups excluding carboxylic acids is 4. The first kappa shape index (κ1) is 70.9. The Balaban J connectivity index is 1.52. The number of H-pyrrole nitrogens is 1. The number of hydroxylamine groups is 2. The van der Waals surface area contributed by atoms with Gasteiger partial charge in [0.1, 0.15) is 73.0 Å². The van der Waals surface area contributed by atoms with Crippen LogP contribution in [-0.2, 0) is 47.7 Å². The van der Waals surface area contributed by atoms with Gasteiger partial charge in [0, 0.05) is 52.0 Å². The van der Waals surface area contributed by atoms with Gasteiger partial charge < -0.3 is 98.3 Å². The molecule has 10 unspecified atom stereocenters. The average molecular weight is 1220 g/mol. The number of aliphatic carboxylic acids is 2. The Hall–Kier alpha value is -6.56. The standard InChI is InChI=1S/C52H90N14O19/c1-26(2)32(46(74)75)63-51(78)64-33(28-18-22-59-50(56)60-28)44(73)62-34(39(27(3)4)83-31(68)17-14-12-10-8-6-7-9-11-13-15-23-66(80)49(54)55)43(72)58-21-16-20-57-35(47(76)77)40(85-48-42(81-5)36(69)29(25-53)82-48)41-37(70)38(71)45(84-41)65-24-19-30(67)61-52(65)79/h19,24,26-29,32-42,45,48,57,69-71,80H,6-18,20-23,25,53H2,1-5H3,(H3,54,55)(H,58,72)(H,62,73)(H,74,75)(H,76,77)(H3,56,59,60)(H,61,67,79)(H2,63,64,78)/t28?,29-,32?,33?,34?,35?,36-,37?,38?,39?,40?,41?,42-,45-,48+/m1/s1. The number of carbonyl (C=O) groups is 6. The zero-order chi connectivity index (χ0) is 63.1. The average Bonchev–Trinajstić information content (AvgIpc) is 2.45. The van der Waals surface area contributed by atoms with Crippen LogP contribution in [0.2, 0.25) is 0 Å². The van der Waals surface area contributed by atoms with Gasteiger partial charge in [-0.25, -0.2) is 19.4 Å². The molecular formula is C52H90N14O19. The Bertz CT molecular complexity index is 2490. The number of aliphatic hydroxyl groups excluding tert-OH is 3. The van der Waals surface area contributed by atoms with Gasteiger partial charge in [-0.05, 0) is 44.1 Å². The molecule has 1 aromatic heterocycles. The SMILES string of the molecule is CO[C@H]1[C@H](OC(C(NCCCNC(=O)C(NC(=O)C(NC(=O)NC(C(=O)O)C(C)C)C2CCN=C(N)N2)C(OC(=O)CCCCCCCCCCCCN(O)C(=N)N)C(C)C)C(=O)O)C2O[C@@H](n3ccc(=O)[nH]c3=O)C(O)C2O)O[C@H](CN)[C@H]1O. The van der Waals surface area contributed by atoms with E-state index in [-0.39, 0.29) is 51.4 Å². The van der Waals surface area contributed by atoms with Gasteiger partial charge in [0.2, 0.25) is 17.8 Å². The number of carboxylic acid groups (broad SMARTS) is 2. The number of aliphatic imine (C=N–C) groups is 1. The molecule has 20 N–H and O–H groups in total. The van der Waals surface area contributed by atoms with Crippen molar-refractivity contribution in [2.24, 2.45) is 34.0 Å². The zero-order valence-corrected chi connectivity index (χ0v) is 48.8. The third kappa shape index (κ3) is 21.4. The number of aromatic nitrogens is 2. The molecule has 33 nitrogen and oxygen atoms in total. The van der Waals surface area contributed by atoms with Crippen LogP contribution in [0.3, 0.4) is 0 Å². The van der Waals surface area contributed by atoms with Crippen LogP contribution in [0, 0.1) is 17.2 Å². The summed E-state index contributed by atoms with van der Waals surface area (Å²) in [6.07, 6.45) is -6.04. The number of aromatic amines is 1. The van der Waals surface area contributed by atoms with Gasteiger partial charge in [0.05, 0.1) is 6.04 Å². The van der Waals surface area contributed by atoms with E-state index in [9.17, 15) is 69.1 Å². The number of unbranched alkanes of at least 4 members (excludes halogenated alkanes) is 9. The number of hydrogen-bond donors (Lipinski definition) is 17. The van der Waals surface area contributed by atoms with Crippen molar-refractivity contribution >= 4 is 47.7 Å². The fraction of sp³-hybridized carbons (Fsp3) is 0.769. The quantitative estimate of drug-likeness (QED) is 0.0101. The number of ether oxygens (including phenoxy) is 5. The van der Waals surface area contributed by atoms with E-state index < -0.39 is 156 Å². The first-order valence-electron chi connectivity index (χ1n) is 28.8. The van der Waals surface area contributed by atoms with Gasteiger partial charge in [-0.1, -0.05) is 79.1 Å². The third-order valence-electron chi connectivity index (χ3n) is 14.8. The Labute approximate surface area is 491 Å². The van der Waals surface area contributed by atoms with Gasteiger partial charge in [-0.3, -0.25) is 49.1 Å². The molecule has 0 radical (unpaired) electrons. The summed E-state index contributed by atoms with van der Waals surface area (Å²) in [6.45, 7) is 6.19. The summed E-state index contributed by atoms with van der Waals surface area (Å²) in [7, 11) is 1.22. The van der Waals surface area contributed by atoms with Crippen LogP contribution >= 0.6 is 0 Å². The number of esters is 1. The fourth-order valence-electron chi connectivity index (χ4n) is 10.1. The normalized spacial score (nSPS) is 24.2. The Morgan fingerprint density at radius 1 is 0.835 bits per heavy atom.